The molecule has 0 aromatic carbocycles. The molecule has 90 valence electrons. The van der Waals surface area contributed by atoms with E-state index < -0.39 is 6.10 Å². The molecule has 5 heteroatoms. The van der Waals surface area contributed by atoms with Gasteiger partial charge in [0, 0.05) is 19.6 Å². The molecule has 0 aromatic heterocycles. The standard InChI is InChI=1S/C10H21NO4/c1-2-14-10-8(11)6-15-9(10)5-7(13)3-4-12/h7-10,12-13H,2-6,11H2,1H3/t7?,8?,9?,10-/m0/s1. The van der Waals surface area contributed by atoms with Gasteiger partial charge in [-0.2, -0.15) is 0 Å². The fraction of sp³-hybridized carbons (Fsp3) is 1.00. The molecule has 1 saturated heterocycles. The van der Waals surface area contributed by atoms with Crippen molar-refractivity contribution in [2.45, 2.75) is 44.1 Å². The van der Waals surface area contributed by atoms with Gasteiger partial charge in [0.15, 0.2) is 0 Å². The molecule has 15 heavy (non-hydrogen) atoms. The predicted molar refractivity (Wildman–Crippen MR) is 55.5 cm³/mol. The van der Waals surface area contributed by atoms with E-state index in [9.17, 15) is 5.11 Å². The van der Waals surface area contributed by atoms with Gasteiger partial charge in [0.2, 0.25) is 0 Å². The highest BCUT2D eigenvalue weighted by atomic mass is 16.6. The Balaban J connectivity index is 2.39. The molecule has 0 aromatic rings. The minimum atomic E-state index is -0.548. The SMILES string of the molecule is CCO[C@H]1C(N)COC1CC(O)CCO. The van der Waals surface area contributed by atoms with Gasteiger partial charge in [-0.1, -0.05) is 0 Å². The molecule has 0 bridgehead atoms. The number of aliphatic hydroxyl groups excluding tert-OH is 2. The van der Waals surface area contributed by atoms with Gasteiger partial charge in [0.05, 0.1) is 24.9 Å². The minimum absolute atomic E-state index is 0.0146. The summed E-state index contributed by atoms with van der Waals surface area (Å²) in [6.45, 7) is 2.96. The second-order valence-corrected chi connectivity index (χ2v) is 3.86. The van der Waals surface area contributed by atoms with E-state index in [0.717, 1.165) is 0 Å². The second-order valence-electron chi connectivity index (χ2n) is 3.86. The van der Waals surface area contributed by atoms with Crippen LogP contribution in [0.1, 0.15) is 19.8 Å². The summed E-state index contributed by atoms with van der Waals surface area (Å²) in [5.74, 6) is 0. The highest BCUT2D eigenvalue weighted by molar-refractivity contribution is 4.88. The summed E-state index contributed by atoms with van der Waals surface area (Å²) in [5.41, 5.74) is 5.82. The Bertz CT molecular complexity index is 179. The van der Waals surface area contributed by atoms with Gasteiger partial charge < -0.3 is 25.4 Å². The molecular weight excluding hydrogens is 198 g/mol. The van der Waals surface area contributed by atoms with Crippen LogP contribution in [0.4, 0.5) is 0 Å². The van der Waals surface area contributed by atoms with Crippen LogP contribution >= 0.6 is 0 Å². The van der Waals surface area contributed by atoms with E-state index in [1.807, 2.05) is 6.92 Å². The first-order valence-corrected chi connectivity index (χ1v) is 5.46. The third-order valence-electron chi connectivity index (χ3n) is 2.62. The Kier molecular flexibility index (Phi) is 5.49. The fourth-order valence-corrected chi connectivity index (χ4v) is 1.86. The van der Waals surface area contributed by atoms with Gasteiger partial charge in [-0.25, -0.2) is 0 Å². The Morgan fingerprint density at radius 2 is 2.33 bits per heavy atom. The lowest BCUT2D eigenvalue weighted by molar-refractivity contribution is -0.0317. The summed E-state index contributed by atoms with van der Waals surface area (Å²) in [5, 5.41) is 18.2. The third kappa shape index (κ3) is 3.70. The molecule has 1 heterocycles. The fourth-order valence-electron chi connectivity index (χ4n) is 1.86. The van der Waals surface area contributed by atoms with E-state index in [-0.39, 0.29) is 24.9 Å². The summed E-state index contributed by atoms with van der Waals surface area (Å²) >= 11 is 0. The first-order chi connectivity index (χ1) is 7.19. The summed E-state index contributed by atoms with van der Waals surface area (Å²) in [6.07, 6.45) is 0.00506. The second kappa shape index (κ2) is 6.40. The van der Waals surface area contributed by atoms with Gasteiger partial charge in [0.25, 0.3) is 0 Å². The summed E-state index contributed by atoms with van der Waals surface area (Å²) in [6, 6.07) is -0.115. The average Bonchev–Trinajstić information content (AvgIpc) is 2.51. The van der Waals surface area contributed by atoms with Crippen molar-refractivity contribution in [1.82, 2.24) is 0 Å². The molecule has 1 fully saturated rings. The Morgan fingerprint density at radius 3 is 2.93 bits per heavy atom. The van der Waals surface area contributed by atoms with Crippen LogP contribution in [0.2, 0.25) is 0 Å². The topological polar surface area (TPSA) is 84.9 Å². The highest BCUT2D eigenvalue weighted by Crippen LogP contribution is 2.21. The van der Waals surface area contributed by atoms with Crippen molar-refractivity contribution in [3.05, 3.63) is 0 Å². The molecule has 4 N–H and O–H groups in total. The molecular formula is C10H21NO4. The smallest absolute Gasteiger partial charge is 0.101 e. The zero-order chi connectivity index (χ0) is 11.3. The van der Waals surface area contributed by atoms with Crippen LogP contribution in [0.15, 0.2) is 0 Å². The number of hydrogen-bond donors (Lipinski definition) is 3. The van der Waals surface area contributed by atoms with Crippen molar-refractivity contribution in [3.63, 3.8) is 0 Å². The lowest BCUT2D eigenvalue weighted by atomic mass is 10.0. The van der Waals surface area contributed by atoms with Gasteiger partial charge in [-0.3, -0.25) is 0 Å². The molecule has 0 amide bonds. The van der Waals surface area contributed by atoms with Gasteiger partial charge in [0.1, 0.15) is 6.10 Å². The molecule has 0 spiro atoms. The maximum Gasteiger partial charge on any atom is 0.101 e. The third-order valence-corrected chi connectivity index (χ3v) is 2.62. The van der Waals surface area contributed by atoms with Crippen molar-refractivity contribution in [2.24, 2.45) is 5.73 Å². The lowest BCUT2D eigenvalue weighted by Crippen LogP contribution is -2.40. The minimum Gasteiger partial charge on any atom is -0.396 e. The number of rotatable bonds is 6. The summed E-state index contributed by atoms with van der Waals surface area (Å²) in [4.78, 5) is 0. The summed E-state index contributed by atoms with van der Waals surface area (Å²) < 4.78 is 10.9. The van der Waals surface area contributed by atoms with E-state index in [1.165, 1.54) is 0 Å². The maximum absolute atomic E-state index is 9.55. The van der Waals surface area contributed by atoms with Crippen molar-refractivity contribution in [1.29, 1.82) is 0 Å². The highest BCUT2D eigenvalue weighted by Gasteiger charge is 2.36. The van der Waals surface area contributed by atoms with Crippen LogP contribution in [-0.2, 0) is 9.47 Å². The van der Waals surface area contributed by atoms with Crippen molar-refractivity contribution in [2.75, 3.05) is 19.8 Å². The van der Waals surface area contributed by atoms with Crippen molar-refractivity contribution < 1.29 is 19.7 Å². The molecule has 3 unspecified atom stereocenters. The Hall–Kier alpha value is -0.200. The van der Waals surface area contributed by atoms with Crippen LogP contribution in [0, 0.1) is 0 Å². The number of aliphatic hydroxyl groups is 2. The largest absolute Gasteiger partial charge is 0.396 e. The van der Waals surface area contributed by atoms with Gasteiger partial charge in [-0.05, 0) is 13.3 Å². The predicted octanol–water partition coefficient (Wildman–Crippen LogP) is -0.749. The first-order valence-electron chi connectivity index (χ1n) is 5.46. The van der Waals surface area contributed by atoms with Crippen LogP contribution in [0.5, 0.6) is 0 Å². The van der Waals surface area contributed by atoms with Crippen molar-refractivity contribution in [3.8, 4) is 0 Å². The van der Waals surface area contributed by atoms with Crippen molar-refractivity contribution >= 4 is 0 Å². The van der Waals surface area contributed by atoms with Crippen LogP contribution < -0.4 is 5.73 Å². The van der Waals surface area contributed by atoms with E-state index in [0.29, 0.717) is 26.1 Å². The number of ether oxygens (including phenoxy) is 2. The van der Waals surface area contributed by atoms with E-state index in [1.54, 1.807) is 0 Å². The lowest BCUT2D eigenvalue weighted by Gasteiger charge is -2.22. The molecule has 1 rings (SSSR count). The molecule has 4 atom stereocenters. The molecule has 0 saturated carbocycles. The Morgan fingerprint density at radius 1 is 1.60 bits per heavy atom. The number of hydrogen-bond acceptors (Lipinski definition) is 5. The Labute approximate surface area is 90.2 Å². The quantitative estimate of drug-likeness (QED) is 0.547. The van der Waals surface area contributed by atoms with Crippen LogP contribution in [0.25, 0.3) is 0 Å². The molecule has 5 nitrogen and oxygen atoms in total. The monoisotopic (exact) mass is 219 g/mol. The normalized spacial score (nSPS) is 33.2. The van der Waals surface area contributed by atoms with Gasteiger partial charge in [-0.15, -0.1) is 0 Å². The molecule has 0 radical (unpaired) electrons. The maximum atomic E-state index is 9.55. The molecule has 1 aliphatic heterocycles. The van der Waals surface area contributed by atoms with E-state index >= 15 is 0 Å². The van der Waals surface area contributed by atoms with Gasteiger partial charge >= 0.3 is 0 Å². The molecule has 0 aliphatic carbocycles. The summed E-state index contributed by atoms with van der Waals surface area (Å²) in [7, 11) is 0. The van der Waals surface area contributed by atoms with Crippen LogP contribution in [-0.4, -0.2) is 54.4 Å². The number of nitrogens with two attached hydrogens (primary N) is 1. The van der Waals surface area contributed by atoms with E-state index in [4.69, 9.17) is 20.3 Å². The zero-order valence-electron chi connectivity index (χ0n) is 9.13. The zero-order valence-corrected chi connectivity index (χ0v) is 9.13. The van der Waals surface area contributed by atoms with Crippen LogP contribution in [0.3, 0.4) is 0 Å². The van der Waals surface area contributed by atoms with E-state index in [2.05, 4.69) is 0 Å². The molecule has 1 aliphatic rings. The first kappa shape index (κ1) is 12.9. The average molecular weight is 219 g/mol.